The number of hydrogen-bond acceptors (Lipinski definition) is 0. The van der Waals surface area contributed by atoms with Crippen LogP contribution in [-0.2, 0) is 0 Å². The molecule has 0 saturated heterocycles. The summed E-state index contributed by atoms with van der Waals surface area (Å²) in [6.07, 6.45) is 20.6. The Morgan fingerprint density at radius 1 is 1.03 bits per heavy atom. The van der Waals surface area contributed by atoms with Crippen LogP contribution in [0.15, 0.2) is 11.6 Å². The van der Waals surface area contributed by atoms with Gasteiger partial charge in [0.05, 0.1) is 0 Å². The zero-order chi connectivity index (χ0) is 21.3. The summed E-state index contributed by atoms with van der Waals surface area (Å²) < 4.78 is 0. The Morgan fingerprint density at radius 3 is 2.57 bits per heavy atom. The van der Waals surface area contributed by atoms with Gasteiger partial charge in [0.2, 0.25) is 0 Å². The van der Waals surface area contributed by atoms with Gasteiger partial charge >= 0.3 is 0 Å². The fourth-order valence-electron chi connectivity index (χ4n) is 10.4. The molecule has 0 heteroatoms. The van der Waals surface area contributed by atoms with Crippen LogP contribution >= 0.6 is 0 Å². The van der Waals surface area contributed by atoms with Gasteiger partial charge in [0, 0.05) is 0 Å². The van der Waals surface area contributed by atoms with Crippen molar-refractivity contribution in [1.82, 2.24) is 0 Å². The summed E-state index contributed by atoms with van der Waals surface area (Å²) in [4.78, 5) is 0. The van der Waals surface area contributed by atoms with E-state index >= 15 is 0 Å². The minimum Gasteiger partial charge on any atom is -0.0842 e. The van der Waals surface area contributed by atoms with Crippen molar-refractivity contribution in [2.24, 2.45) is 57.7 Å². The van der Waals surface area contributed by atoms with Crippen molar-refractivity contribution in [3.63, 3.8) is 0 Å². The second kappa shape index (κ2) is 7.38. The van der Waals surface area contributed by atoms with Gasteiger partial charge in [-0.1, -0.05) is 72.5 Å². The average Bonchev–Trinajstić information content (AvgIpc) is 3.24. The van der Waals surface area contributed by atoms with E-state index in [0.29, 0.717) is 10.8 Å². The summed E-state index contributed by atoms with van der Waals surface area (Å²) in [7, 11) is 0. The molecule has 0 aliphatic heterocycles. The summed E-state index contributed by atoms with van der Waals surface area (Å²) in [6.45, 7) is 15.4. The standard InChI is InChI=1S/C30H50/c1-7-22(20(2)3)12-11-21(4)25-14-13-24-18-30-17-15-23-10-8-9-16-28(23,5)27(30)26(30)19-29(24,25)6/h15,20-22,24-27H,7-14,16-19H2,1-6H3. The van der Waals surface area contributed by atoms with Crippen molar-refractivity contribution >= 4 is 0 Å². The first kappa shape index (κ1) is 21.6. The molecule has 5 aliphatic rings. The van der Waals surface area contributed by atoms with E-state index in [9.17, 15) is 0 Å². The highest BCUT2D eigenvalue weighted by atomic mass is 14.8. The molecule has 0 radical (unpaired) electrons. The van der Waals surface area contributed by atoms with Gasteiger partial charge in [0.15, 0.2) is 0 Å². The van der Waals surface area contributed by atoms with Gasteiger partial charge in [-0.05, 0) is 115 Å². The summed E-state index contributed by atoms with van der Waals surface area (Å²) >= 11 is 0. The molecule has 0 amide bonds. The lowest BCUT2D eigenvalue weighted by Gasteiger charge is -2.46. The second-order valence-electron chi connectivity index (χ2n) is 13.6. The minimum atomic E-state index is 0.586. The zero-order valence-electron chi connectivity index (χ0n) is 21.1. The van der Waals surface area contributed by atoms with Crippen molar-refractivity contribution in [2.75, 3.05) is 0 Å². The SMILES string of the molecule is CCC(CCC(C)C1CCC2CC34CC=C5CCCCC5(C)C3C4CC21C)C(C)C. The third-order valence-corrected chi connectivity index (χ3v) is 12.2. The van der Waals surface area contributed by atoms with Gasteiger partial charge in [-0.25, -0.2) is 0 Å². The first-order chi connectivity index (χ1) is 14.3. The molecule has 170 valence electrons. The molecule has 0 N–H and O–H groups in total. The largest absolute Gasteiger partial charge is 0.0842 e. The van der Waals surface area contributed by atoms with E-state index in [1.807, 2.05) is 5.57 Å². The van der Waals surface area contributed by atoms with Crippen LogP contribution in [0.25, 0.3) is 0 Å². The average molecular weight is 411 g/mol. The first-order valence-corrected chi connectivity index (χ1v) is 14.0. The van der Waals surface area contributed by atoms with Gasteiger partial charge in [0.1, 0.15) is 0 Å². The first-order valence-electron chi connectivity index (χ1n) is 14.0. The highest BCUT2D eigenvalue weighted by Crippen LogP contribution is 2.82. The normalized spacial score (nSPS) is 48.8. The molecule has 0 aromatic rings. The van der Waals surface area contributed by atoms with E-state index in [0.717, 1.165) is 46.8 Å². The molecule has 30 heavy (non-hydrogen) atoms. The Kier molecular flexibility index (Phi) is 5.31. The van der Waals surface area contributed by atoms with E-state index in [1.54, 1.807) is 19.3 Å². The van der Waals surface area contributed by atoms with E-state index < -0.39 is 0 Å². The molecule has 0 aromatic heterocycles. The third kappa shape index (κ3) is 2.97. The molecule has 9 atom stereocenters. The maximum atomic E-state index is 2.77. The van der Waals surface area contributed by atoms with Crippen LogP contribution in [0, 0.1) is 57.7 Å². The Hall–Kier alpha value is -0.260. The van der Waals surface area contributed by atoms with Crippen molar-refractivity contribution in [1.29, 1.82) is 0 Å². The fourth-order valence-corrected chi connectivity index (χ4v) is 10.4. The molecule has 0 heterocycles. The molecular formula is C30H50. The quantitative estimate of drug-likeness (QED) is 0.383. The molecule has 5 aliphatic carbocycles. The van der Waals surface area contributed by atoms with Gasteiger partial charge in [0.25, 0.3) is 0 Å². The van der Waals surface area contributed by atoms with Crippen LogP contribution in [-0.4, -0.2) is 0 Å². The van der Waals surface area contributed by atoms with Gasteiger partial charge < -0.3 is 0 Å². The molecule has 4 fully saturated rings. The van der Waals surface area contributed by atoms with Crippen molar-refractivity contribution < 1.29 is 0 Å². The van der Waals surface area contributed by atoms with Crippen LogP contribution in [0.5, 0.6) is 0 Å². The highest BCUT2D eigenvalue weighted by Gasteiger charge is 2.75. The lowest BCUT2D eigenvalue weighted by molar-refractivity contribution is 0.0376. The van der Waals surface area contributed by atoms with Gasteiger partial charge in [-0.2, -0.15) is 0 Å². The predicted octanol–water partition coefficient (Wildman–Crippen LogP) is 9.05. The number of rotatable bonds is 6. The smallest absolute Gasteiger partial charge is 0.00798 e. The number of hydrogen-bond donors (Lipinski definition) is 0. The Bertz CT molecular complexity index is 686. The summed E-state index contributed by atoms with van der Waals surface area (Å²) in [5.41, 5.74) is 3.86. The van der Waals surface area contributed by atoms with Gasteiger partial charge in [-0.3, -0.25) is 0 Å². The second-order valence-corrected chi connectivity index (χ2v) is 13.6. The maximum absolute atomic E-state index is 2.77. The van der Waals surface area contributed by atoms with Crippen molar-refractivity contribution in [3.05, 3.63) is 11.6 Å². The molecule has 0 aromatic carbocycles. The molecule has 1 spiro atoms. The molecule has 0 bridgehead atoms. The molecule has 9 unspecified atom stereocenters. The van der Waals surface area contributed by atoms with Crippen LogP contribution in [0.2, 0.25) is 0 Å². The van der Waals surface area contributed by atoms with Crippen LogP contribution < -0.4 is 0 Å². The Morgan fingerprint density at radius 2 is 1.83 bits per heavy atom. The Labute approximate surface area is 188 Å². The Balaban J connectivity index is 1.31. The van der Waals surface area contributed by atoms with Crippen molar-refractivity contribution in [3.8, 4) is 0 Å². The van der Waals surface area contributed by atoms with Crippen molar-refractivity contribution in [2.45, 2.75) is 119 Å². The predicted molar refractivity (Wildman–Crippen MR) is 129 cm³/mol. The third-order valence-electron chi connectivity index (χ3n) is 12.2. The highest BCUT2D eigenvalue weighted by molar-refractivity contribution is 5.35. The topological polar surface area (TPSA) is 0 Å². The van der Waals surface area contributed by atoms with Crippen LogP contribution in [0.3, 0.4) is 0 Å². The van der Waals surface area contributed by atoms with E-state index in [4.69, 9.17) is 0 Å². The monoisotopic (exact) mass is 410 g/mol. The number of fused-ring (bicyclic) bond motifs is 4. The number of allylic oxidation sites excluding steroid dienone is 2. The van der Waals surface area contributed by atoms with Gasteiger partial charge in [-0.15, -0.1) is 0 Å². The molecule has 4 saturated carbocycles. The lowest BCUT2D eigenvalue weighted by atomic mass is 9.58. The summed E-state index contributed by atoms with van der Waals surface area (Å²) in [5.74, 6) is 6.86. The minimum absolute atomic E-state index is 0.586. The van der Waals surface area contributed by atoms with Crippen LogP contribution in [0.4, 0.5) is 0 Å². The summed E-state index contributed by atoms with van der Waals surface area (Å²) in [5, 5.41) is 0. The molecule has 0 nitrogen and oxygen atoms in total. The maximum Gasteiger partial charge on any atom is -0.00798 e. The molecular weight excluding hydrogens is 360 g/mol. The van der Waals surface area contributed by atoms with E-state index in [-0.39, 0.29) is 0 Å². The van der Waals surface area contributed by atoms with E-state index in [1.165, 1.54) is 57.8 Å². The van der Waals surface area contributed by atoms with Crippen LogP contribution in [0.1, 0.15) is 119 Å². The molecule has 5 rings (SSSR count). The van der Waals surface area contributed by atoms with E-state index in [2.05, 4.69) is 47.6 Å². The zero-order valence-corrected chi connectivity index (χ0v) is 21.1. The summed E-state index contributed by atoms with van der Waals surface area (Å²) in [6, 6.07) is 0. The lowest BCUT2D eigenvalue weighted by Crippen LogP contribution is -2.38. The fraction of sp³-hybridized carbons (Fsp3) is 0.933.